The Morgan fingerprint density at radius 2 is 1.17 bits per heavy atom. The fourth-order valence-corrected chi connectivity index (χ4v) is 0. The summed E-state index contributed by atoms with van der Waals surface area (Å²) in [6, 6.07) is 0. The van der Waals surface area contributed by atoms with Crippen LogP contribution in [0.15, 0.2) is 0 Å². The predicted molar refractivity (Wildman–Crippen MR) is 23.0 cm³/mol. The standard InChI is InChI=1S/AsH3O4.Sb.3H/c2-1(3,4)5;;;;/h(H3,2,3,4,5);;;;. The molecule has 6 heteroatoms. The predicted octanol–water partition coefficient (Wildman–Crippen LogP) is -3.35. The van der Waals surface area contributed by atoms with Crippen LogP contribution in [0.3, 0.4) is 0 Å². The number of rotatable bonds is 0. The third-order valence-electron chi connectivity index (χ3n) is 0. The van der Waals surface area contributed by atoms with Crippen molar-refractivity contribution in [2.75, 3.05) is 0 Å². The molecule has 0 aromatic carbocycles. The molecule has 40 valence electrons. The first kappa shape index (κ1) is 10.1. The van der Waals surface area contributed by atoms with Gasteiger partial charge in [0.25, 0.3) is 0 Å². The van der Waals surface area contributed by atoms with Crippen molar-refractivity contribution in [3.05, 3.63) is 0 Å². The molecular weight excluding hydrogens is 261 g/mol. The van der Waals surface area contributed by atoms with Crippen molar-refractivity contribution in [1.29, 1.82) is 0 Å². The fraction of sp³-hybridized carbons (Fsp3) is 0. The Kier molecular flexibility index (Phi) is 5.25. The molecule has 0 atom stereocenters. The van der Waals surface area contributed by atoms with Gasteiger partial charge in [0.05, 0.1) is 0 Å². The van der Waals surface area contributed by atoms with E-state index in [-0.39, 0.29) is 24.4 Å². The van der Waals surface area contributed by atoms with E-state index in [2.05, 4.69) is 0 Å². The molecule has 0 heterocycles. The van der Waals surface area contributed by atoms with Gasteiger partial charge in [0.15, 0.2) is 0 Å². The maximum absolute atomic E-state index is 8.94. The van der Waals surface area contributed by atoms with E-state index in [1.807, 2.05) is 0 Å². The van der Waals surface area contributed by atoms with Crippen LogP contribution in [0.1, 0.15) is 0 Å². The summed E-state index contributed by atoms with van der Waals surface area (Å²) in [6.07, 6.45) is 0. The molecule has 0 amide bonds. The molecule has 0 saturated heterocycles. The van der Waals surface area contributed by atoms with Crippen molar-refractivity contribution >= 4 is 38.9 Å². The Labute approximate surface area is 55.0 Å². The van der Waals surface area contributed by atoms with Crippen molar-refractivity contribution in [2.45, 2.75) is 0 Å². The molecule has 0 unspecified atom stereocenters. The molecule has 4 nitrogen and oxygen atoms in total. The first-order valence-corrected chi connectivity index (χ1v) is 4.07. The van der Waals surface area contributed by atoms with Gasteiger partial charge in [-0.3, -0.25) is 0 Å². The third kappa shape index (κ3) is 74.5. The van der Waals surface area contributed by atoms with Crippen molar-refractivity contribution in [3.63, 3.8) is 0 Å². The van der Waals surface area contributed by atoms with Crippen LogP contribution in [0.4, 0.5) is 0 Å². The van der Waals surface area contributed by atoms with E-state index < -0.39 is 14.5 Å². The van der Waals surface area contributed by atoms with Gasteiger partial charge in [-0.2, -0.15) is 0 Å². The average Bonchev–Trinajstić information content (AvgIpc) is 0.722. The molecule has 6 heavy (non-hydrogen) atoms. The normalized spacial score (nSPS) is 9.83. The molecule has 0 bridgehead atoms. The second kappa shape index (κ2) is 3.11. The van der Waals surface area contributed by atoms with Gasteiger partial charge in [-0.1, -0.05) is 0 Å². The van der Waals surface area contributed by atoms with Crippen LogP contribution in [0.25, 0.3) is 0 Å². The molecule has 0 rings (SSSR count). The molecule has 0 aliphatic rings. The van der Waals surface area contributed by atoms with E-state index in [0.29, 0.717) is 0 Å². The zero-order valence-corrected chi connectivity index (χ0v) is 8.82. The summed E-state index contributed by atoms with van der Waals surface area (Å²) in [7, 11) is 0. The number of hydrogen-bond donors (Lipinski definition) is 3. The SMILES string of the molecule is O=[As](O)(O)O.[SbH3]. The summed E-state index contributed by atoms with van der Waals surface area (Å²) in [5, 5.41) is 0. The van der Waals surface area contributed by atoms with Crippen LogP contribution in [0.5, 0.6) is 0 Å². The summed E-state index contributed by atoms with van der Waals surface area (Å²) in [5.74, 6) is 0. The second-order valence-electron chi connectivity index (χ2n) is 0.513. The Morgan fingerprint density at radius 3 is 1.17 bits per heavy atom. The van der Waals surface area contributed by atoms with Crippen LogP contribution in [0.2, 0.25) is 0 Å². The van der Waals surface area contributed by atoms with Gasteiger partial charge in [-0.05, 0) is 0 Å². The molecule has 0 spiro atoms. The van der Waals surface area contributed by atoms with Crippen molar-refractivity contribution in [1.82, 2.24) is 0 Å². The van der Waals surface area contributed by atoms with Gasteiger partial charge in [0.2, 0.25) is 0 Å². The van der Waals surface area contributed by atoms with Gasteiger partial charge in [0.1, 0.15) is 0 Å². The Hall–Kier alpha value is 1.06. The van der Waals surface area contributed by atoms with Crippen LogP contribution in [-0.2, 0) is 3.74 Å². The maximum atomic E-state index is 8.94. The molecule has 0 aliphatic heterocycles. The zero-order valence-electron chi connectivity index (χ0n) is 2.90. The topological polar surface area (TPSA) is 77.8 Å². The summed E-state index contributed by atoms with van der Waals surface area (Å²) in [4.78, 5) is 0. The van der Waals surface area contributed by atoms with Crippen LogP contribution < -0.4 is 0 Å². The van der Waals surface area contributed by atoms with Gasteiger partial charge in [-0.25, -0.2) is 0 Å². The van der Waals surface area contributed by atoms with Gasteiger partial charge >= 0.3 is 55.0 Å². The molecule has 0 saturated carbocycles. The van der Waals surface area contributed by atoms with E-state index in [0.717, 1.165) is 0 Å². The molecule has 0 aromatic heterocycles. The first-order valence-electron chi connectivity index (χ1n) is 0.783. The monoisotopic (exact) mass is 266 g/mol. The molecule has 0 aliphatic carbocycles. The van der Waals surface area contributed by atoms with E-state index in [1.54, 1.807) is 0 Å². The van der Waals surface area contributed by atoms with Crippen molar-refractivity contribution < 1.29 is 16.0 Å². The summed E-state index contributed by atoms with van der Waals surface area (Å²) in [6.45, 7) is 0. The summed E-state index contributed by atoms with van der Waals surface area (Å²) in [5.41, 5.74) is 0. The molecule has 0 fully saturated rings. The average molecular weight is 267 g/mol. The van der Waals surface area contributed by atoms with Crippen LogP contribution in [0, 0.1) is 0 Å². The van der Waals surface area contributed by atoms with Gasteiger partial charge in [-0.15, -0.1) is 0 Å². The summed E-state index contributed by atoms with van der Waals surface area (Å²) >= 11 is -5.12. The van der Waals surface area contributed by atoms with Crippen LogP contribution in [-0.4, -0.2) is 51.2 Å². The Morgan fingerprint density at radius 1 is 1.17 bits per heavy atom. The Balaban J connectivity index is 0. The van der Waals surface area contributed by atoms with E-state index in [1.165, 1.54) is 0 Å². The summed E-state index contributed by atoms with van der Waals surface area (Å²) < 4.78 is 30.7. The fourth-order valence-electron chi connectivity index (χ4n) is 0. The molecule has 0 aromatic rings. The van der Waals surface area contributed by atoms with E-state index >= 15 is 0 Å². The molecule has 0 radical (unpaired) electrons. The van der Waals surface area contributed by atoms with E-state index in [4.69, 9.17) is 16.0 Å². The Bertz CT molecular complexity index is 53.7. The quantitative estimate of drug-likeness (QED) is 0.401. The van der Waals surface area contributed by atoms with E-state index in [9.17, 15) is 0 Å². The van der Waals surface area contributed by atoms with Crippen LogP contribution >= 0.6 is 0 Å². The molecule has 3 N–H and O–H groups in total. The number of hydrogen-bond acceptors (Lipinski definition) is 1. The minimum absolute atomic E-state index is 0. The minimum atomic E-state index is -5.12. The first-order chi connectivity index (χ1) is 2.00. The second-order valence-corrected chi connectivity index (χ2v) is 2.67. The van der Waals surface area contributed by atoms with Crippen molar-refractivity contribution in [3.8, 4) is 0 Å². The van der Waals surface area contributed by atoms with Crippen molar-refractivity contribution in [2.24, 2.45) is 0 Å². The third-order valence-corrected chi connectivity index (χ3v) is 0. The van der Waals surface area contributed by atoms with Gasteiger partial charge < -0.3 is 0 Å². The van der Waals surface area contributed by atoms with Gasteiger partial charge in [0, 0.05) is 0 Å². The molecular formula is H6AsO4Sb. The zero-order chi connectivity index (χ0) is 4.50.